The van der Waals surface area contributed by atoms with E-state index in [1.807, 2.05) is 17.0 Å². The van der Waals surface area contributed by atoms with Crippen LogP contribution < -0.4 is 10.2 Å². The van der Waals surface area contributed by atoms with Gasteiger partial charge in [0.05, 0.1) is 52.5 Å². The smallest absolute Gasteiger partial charge is 0.255 e. The van der Waals surface area contributed by atoms with E-state index in [2.05, 4.69) is 15.4 Å². The number of hydrogen-bond donors (Lipinski definition) is 2. The van der Waals surface area contributed by atoms with Crippen molar-refractivity contribution >= 4 is 11.7 Å². The van der Waals surface area contributed by atoms with Crippen molar-refractivity contribution in [1.29, 1.82) is 5.26 Å². The fourth-order valence-electron chi connectivity index (χ4n) is 4.36. The van der Waals surface area contributed by atoms with Crippen LogP contribution in [0, 0.1) is 17.1 Å². The first-order valence-corrected chi connectivity index (χ1v) is 10.5. The number of carbonyl (C=O) groups is 1. The molecule has 2 aromatic heterocycles. The van der Waals surface area contributed by atoms with Gasteiger partial charge in [0.15, 0.2) is 5.82 Å². The Kier molecular flexibility index (Phi) is 5.28. The highest BCUT2D eigenvalue weighted by Gasteiger charge is 2.30. The summed E-state index contributed by atoms with van der Waals surface area (Å²) in [5, 5.41) is 26.9. The molecule has 9 nitrogen and oxygen atoms in total. The number of fused-ring (bicyclic) bond motifs is 1. The Labute approximate surface area is 189 Å². The van der Waals surface area contributed by atoms with Crippen molar-refractivity contribution in [1.82, 2.24) is 20.1 Å². The number of carbonyl (C=O) groups excluding carboxylic acids is 1. The molecule has 168 valence electrons. The molecule has 33 heavy (non-hydrogen) atoms. The van der Waals surface area contributed by atoms with E-state index in [4.69, 9.17) is 4.74 Å². The monoisotopic (exact) mass is 448 g/mol. The summed E-state index contributed by atoms with van der Waals surface area (Å²) in [6.07, 6.45) is 1.42. The van der Waals surface area contributed by atoms with Crippen LogP contribution in [-0.4, -0.2) is 58.2 Å². The second kappa shape index (κ2) is 8.27. The van der Waals surface area contributed by atoms with Crippen molar-refractivity contribution in [2.24, 2.45) is 0 Å². The minimum absolute atomic E-state index is 0.0868. The molecule has 2 aliphatic heterocycles. The molecule has 2 N–H and O–H groups in total. The predicted octanol–water partition coefficient (Wildman–Crippen LogP) is 1.77. The van der Waals surface area contributed by atoms with Gasteiger partial charge in [0.2, 0.25) is 0 Å². The Morgan fingerprint density at radius 3 is 2.97 bits per heavy atom. The van der Waals surface area contributed by atoms with Crippen molar-refractivity contribution in [3.8, 4) is 23.0 Å². The van der Waals surface area contributed by atoms with Gasteiger partial charge in [-0.05, 0) is 24.6 Å². The van der Waals surface area contributed by atoms with E-state index in [1.165, 1.54) is 18.2 Å². The Morgan fingerprint density at radius 2 is 2.18 bits per heavy atom. The number of nitriles is 1. The normalized spacial score (nSPS) is 19.8. The third-order valence-corrected chi connectivity index (χ3v) is 6.08. The zero-order valence-corrected chi connectivity index (χ0v) is 17.8. The zero-order valence-electron chi connectivity index (χ0n) is 17.8. The summed E-state index contributed by atoms with van der Waals surface area (Å²) in [5.41, 5.74) is 1.79. The number of nitrogens with one attached hydrogen (secondary N) is 1. The third-order valence-electron chi connectivity index (χ3n) is 6.08. The summed E-state index contributed by atoms with van der Waals surface area (Å²) in [6, 6.07) is 9.67. The first kappa shape index (κ1) is 21.1. The molecule has 1 unspecified atom stereocenters. The van der Waals surface area contributed by atoms with Crippen molar-refractivity contribution < 1.29 is 19.0 Å². The van der Waals surface area contributed by atoms with Crippen LogP contribution in [-0.2, 0) is 11.3 Å². The number of ether oxygens (including phenoxy) is 1. The van der Waals surface area contributed by atoms with Gasteiger partial charge in [0.25, 0.3) is 5.91 Å². The number of aliphatic hydroxyl groups excluding tert-OH is 1. The van der Waals surface area contributed by atoms with Gasteiger partial charge in [-0.3, -0.25) is 4.79 Å². The van der Waals surface area contributed by atoms with Crippen molar-refractivity contribution in [2.45, 2.75) is 25.2 Å². The summed E-state index contributed by atoms with van der Waals surface area (Å²) in [5.74, 6) is -0.188. The molecule has 4 heterocycles. The number of nitrogens with zero attached hydrogens (tertiary/aromatic N) is 5. The van der Waals surface area contributed by atoms with Gasteiger partial charge in [-0.1, -0.05) is 6.07 Å². The van der Waals surface area contributed by atoms with Gasteiger partial charge in [-0.15, -0.1) is 0 Å². The van der Waals surface area contributed by atoms with Gasteiger partial charge in [0.1, 0.15) is 11.9 Å². The lowest BCUT2D eigenvalue weighted by Gasteiger charge is -2.35. The van der Waals surface area contributed by atoms with Crippen molar-refractivity contribution in [2.75, 3.05) is 25.1 Å². The van der Waals surface area contributed by atoms with E-state index in [-0.39, 0.29) is 35.4 Å². The number of methoxy groups -OCH3 is 1. The van der Waals surface area contributed by atoms with E-state index in [0.717, 1.165) is 0 Å². The second-order valence-electron chi connectivity index (χ2n) is 8.00. The predicted molar refractivity (Wildman–Crippen MR) is 116 cm³/mol. The fourth-order valence-corrected chi connectivity index (χ4v) is 4.36. The van der Waals surface area contributed by atoms with E-state index < -0.39 is 11.9 Å². The van der Waals surface area contributed by atoms with Crippen LogP contribution in [0.1, 0.15) is 28.0 Å². The first-order chi connectivity index (χ1) is 16.0. The minimum Gasteiger partial charge on any atom is -0.390 e. The second-order valence-corrected chi connectivity index (χ2v) is 8.00. The molecule has 0 aliphatic carbocycles. The van der Waals surface area contributed by atoms with Crippen molar-refractivity contribution in [3.63, 3.8) is 0 Å². The molecule has 0 saturated carbocycles. The average molecular weight is 448 g/mol. The average Bonchev–Trinajstić information content (AvgIpc) is 3.46. The molecular formula is C23H21FN6O3. The standard InChI is InChI=1S/C23H21FN6O3/c1-33-19-12-29(7-5-18(19)31)20-6-8-30(28-20)17-9-15(27-16-11-26-23(32)22(16)17)21-13(10-25)3-2-4-14(21)24/h2-4,6,8-9,18-19,31H,5,7,11-12H2,1H3,(H,26,32)/t18?,19-/m0/s1. The third kappa shape index (κ3) is 3.61. The van der Waals surface area contributed by atoms with Gasteiger partial charge in [-0.2, -0.15) is 10.4 Å². The summed E-state index contributed by atoms with van der Waals surface area (Å²) in [7, 11) is 1.56. The molecule has 1 saturated heterocycles. The van der Waals surface area contributed by atoms with Crippen LogP contribution in [0.3, 0.4) is 0 Å². The van der Waals surface area contributed by atoms with E-state index in [1.54, 1.807) is 24.1 Å². The number of benzene rings is 1. The highest BCUT2D eigenvalue weighted by Crippen LogP contribution is 2.32. The number of piperidine rings is 1. The Bertz CT molecular complexity index is 1280. The largest absolute Gasteiger partial charge is 0.390 e. The molecule has 1 aromatic carbocycles. The number of aromatic nitrogens is 3. The number of amides is 1. The van der Waals surface area contributed by atoms with Crippen LogP contribution in [0.25, 0.3) is 16.9 Å². The molecular weight excluding hydrogens is 427 g/mol. The minimum atomic E-state index is -0.566. The highest BCUT2D eigenvalue weighted by atomic mass is 19.1. The molecule has 1 amide bonds. The van der Waals surface area contributed by atoms with Gasteiger partial charge in [0, 0.05) is 32.5 Å². The van der Waals surface area contributed by atoms with Crippen LogP contribution in [0.15, 0.2) is 36.5 Å². The topological polar surface area (TPSA) is 116 Å². The van der Waals surface area contributed by atoms with Crippen LogP contribution in [0.4, 0.5) is 10.2 Å². The molecule has 0 bridgehead atoms. The summed E-state index contributed by atoms with van der Waals surface area (Å²) in [4.78, 5) is 19.0. The molecule has 10 heteroatoms. The Morgan fingerprint density at radius 1 is 1.33 bits per heavy atom. The number of aliphatic hydroxyl groups is 1. The van der Waals surface area contributed by atoms with Gasteiger partial charge in [-0.25, -0.2) is 14.1 Å². The maximum absolute atomic E-state index is 14.7. The fraction of sp³-hybridized carbons (Fsp3) is 0.304. The van der Waals surface area contributed by atoms with Crippen LogP contribution in [0.5, 0.6) is 0 Å². The molecule has 2 atom stereocenters. The van der Waals surface area contributed by atoms with Gasteiger partial charge >= 0.3 is 0 Å². The van der Waals surface area contributed by atoms with E-state index in [9.17, 15) is 19.6 Å². The number of anilines is 1. The molecule has 0 radical (unpaired) electrons. The maximum Gasteiger partial charge on any atom is 0.255 e. The Balaban J connectivity index is 1.59. The highest BCUT2D eigenvalue weighted by molar-refractivity contribution is 6.01. The summed E-state index contributed by atoms with van der Waals surface area (Å²) >= 11 is 0. The quantitative estimate of drug-likeness (QED) is 0.625. The lowest BCUT2D eigenvalue weighted by molar-refractivity contribution is -0.0207. The van der Waals surface area contributed by atoms with Crippen molar-refractivity contribution in [3.05, 3.63) is 59.2 Å². The molecule has 2 aliphatic rings. The number of hydrogen-bond acceptors (Lipinski definition) is 7. The van der Waals surface area contributed by atoms with E-state index >= 15 is 0 Å². The SMILES string of the molecule is CO[C@H]1CN(c2ccn(-c3cc(-c4c(F)cccc4C#N)nc4c3C(=O)NC4)n2)CCC1O. The van der Waals surface area contributed by atoms with Crippen LogP contribution >= 0.6 is 0 Å². The Hall–Kier alpha value is -3.81. The summed E-state index contributed by atoms with van der Waals surface area (Å²) in [6.45, 7) is 1.30. The molecule has 0 spiro atoms. The van der Waals surface area contributed by atoms with Gasteiger partial charge < -0.3 is 20.1 Å². The first-order valence-electron chi connectivity index (χ1n) is 10.5. The number of halogens is 1. The lowest BCUT2D eigenvalue weighted by atomic mass is 10.0. The lowest BCUT2D eigenvalue weighted by Crippen LogP contribution is -2.47. The van der Waals surface area contributed by atoms with Crippen LogP contribution in [0.2, 0.25) is 0 Å². The molecule has 3 aromatic rings. The molecule has 5 rings (SSSR count). The summed E-state index contributed by atoms with van der Waals surface area (Å²) < 4.78 is 21.6. The maximum atomic E-state index is 14.7. The zero-order chi connectivity index (χ0) is 23.1. The van der Waals surface area contributed by atoms with E-state index in [0.29, 0.717) is 42.3 Å². The molecule has 1 fully saturated rings. The number of pyridine rings is 1. The number of rotatable bonds is 4.